The summed E-state index contributed by atoms with van der Waals surface area (Å²) in [6, 6.07) is 6.55. The van der Waals surface area contributed by atoms with Crippen molar-refractivity contribution in [1.29, 1.82) is 0 Å². The Kier molecular flexibility index (Phi) is 5.60. The average molecular weight is 457 g/mol. The number of hydrogen-bond acceptors (Lipinski definition) is 6. The highest BCUT2D eigenvalue weighted by Gasteiger charge is 2.29. The van der Waals surface area contributed by atoms with E-state index in [-0.39, 0.29) is 22.5 Å². The molecule has 0 atom stereocenters. The summed E-state index contributed by atoms with van der Waals surface area (Å²) in [7, 11) is 2.66. The van der Waals surface area contributed by atoms with E-state index in [4.69, 9.17) is 16.3 Å². The monoisotopic (exact) mass is 456 g/mol. The maximum atomic E-state index is 13.2. The van der Waals surface area contributed by atoms with Crippen LogP contribution in [0.2, 0.25) is 5.02 Å². The maximum absolute atomic E-state index is 13.2. The molecule has 0 bridgehead atoms. The van der Waals surface area contributed by atoms with Gasteiger partial charge in [-0.05, 0) is 43.5 Å². The molecule has 1 N–H and O–H groups in total. The van der Waals surface area contributed by atoms with Crippen LogP contribution in [0.25, 0.3) is 11.0 Å². The number of methoxy groups -OCH3 is 1. The number of pyridine rings is 1. The van der Waals surface area contributed by atoms with Gasteiger partial charge in [0.25, 0.3) is 5.56 Å². The van der Waals surface area contributed by atoms with Crippen LogP contribution in [-0.2, 0) is 23.1 Å². The van der Waals surface area contributed by atoms with E-state index in [0.717, 1.165) is 23.0 Å². The van der Waals surface area contributed by atoms with Crippen LogP contribution < -0.4 is 16.6 Å². The number of carbonyl (C=O) groups excluding carboxylic acids is 2. The van der Waals surface area contributed by atoms with E-state index in [1.165, 1.54) is 24.8 Å². The predicted molar refractivity (Wildman–Crippen MR) is 119 cm³/mol. The van der Waals surface area contributed by atoms with E-state index < -0.39 is 29.7 Å². The van der Waals surface area contributed by atoms with Crippen molar-refractivity contribution in [1.82, 2.24) is 14.1 Å². The van der Waals surface area contributed by atoms with Crippen LogP contribution in [-0.4, -0.2) is 33.1 Å². The highest BCUT2D eigenvalue weighted by Crippen LogP contribution is 2.39. The topological polar surface area (TPSA) is 112 Å². The van der Waals surface area contributed by atoms with Gasteiger partial charge < -0.3 is 10.1 Å². The first kappa shape index (κ1) is 21.8. The summed E-state index contributed by atoms with van der Waals surface area (Å²) in [6.07, 6.45) is 1.85. The second kappa shape index (κ2) is 8.23. The molecule has 1 amide bonds. The minimum atomic E-state index is -0.781. The van der Waals surface area contributed by atoms with E-state index in [2.05, 4.69) is 10.3 Å². The van der Waals surface area contributed by atoms with Crippen LogP contribution in [0, 0.1) is 6.92 Å². The molecular weight excluding hydrogens is 436 g/mol. The number of nitrogens with zero attached hydrogens (tertiary/aromatic N) is 3. The molecule has 0 radical (unpaired) electrons. The van der Waals surface area contributed by atoms with Crippen molar-refractivity contribution in [3.8, 4) is 0 Å². The number of esters is 1. The Morgan fingerprint density at radius 2 is 1.97 bits per heavy atom. The number of rotatable bonds is 5. The van der Waals surface area contributed by atoms with Gasteiger partial charge in [-0.15, -0.1) is 0 Å². The van der Waals surface area contributed by atoms with E-state index in [1.807, 2.05) is 0 Å². The molecule has 0 unspecified atom stereocenters. The van der Waals surface area contributed by atoms with Crippen LogP contribution in [0.5, 0.6) is 0 Å². The zero-order valence-electron chi connectivity index (χ0n) is 17.8. The number of aromatic nitrogens is 3. The molecule has 2 aromatic heterocycles. The third-order valence-corrected chi connectivity index (χ3v) is 5.73. The molecule has 1 aliphatic rings. The zero-order chi connectivity index (χ0) is 23.2. The summed E-state index contributed by atoms with van der Waals surface area (Å²) in [6.45, 7) is 1.25. The lowest BCUT2D eigenvalue weighted by Crippen LogP contribution is -2.42. The normalized spacial score (nSPS) is 13.2. The molecule has 0 aliphatic heterocycles. The predicted octanol–water partition coefficient (Wildman–Crippen LogP) is 2.36. The molecule has 3 aromatic rings. The number of amides is 1. The molecule has 1 fully saturated rings. The number of ether oxygens (including phenoxy) is 1. The summed E-state index contributed by atoms with van der Waals surface area (Å²) in [5.74, 6) is -1.11. The number of fused-ring (bicyclic) bond motifs is 1. The minimum absolute atomic E-state index is 0.0276. The average Bonchev–Trinajstić information content (AvgIpc) is 3.61. The van der Waals surface area contributed by atoms with Gasteiger partial charge in [-0.3, -0.25) is 18.7 Å². The van der Waals surface area contributed by atoms with Crippen molar-refractivity contribution in [3.05, 3.63) is 66.9 Å². The number of anilines is 1. The second-order valence-electron chi connectivity index (χ2n) is 7.80. The summed E-state index contributed by atoms with van der Waals surface area (Å²) < 4.78 is 6.81. The van der Waals surface area contributed by atoms with Gasteiger partial charge in [-0.25, -0.2) is 14.6 Å². The fraction of sp³-hybridized carbons (Fsp3) is 0.318. The highest BCUT2D eigenvalue weighted by atomic mass is 35.5. The smallest absolute Gasteiger partial charge is 0.338 e. The van der Waals surface area contributed by atoms with Crippen LogP contribution >= 0.6 is 11.6 Å². The van der Waals surface area contributed by atoms with Gasteiger partial charge in [0.15, 0.2) is 0 Å². The molecule has 0 spiro atoms. The van der Waals surface area contributed by atoms with E-state index in [1.54, 1.807) is 25.1 Å². The molecule has 1 aliphatic carbocycles. The molecule has 4 rings (SSSR count). The quantitative estimate of drug-likeness (QED) is 0.590. The van der Waals surface area contributed by atoms with Gasteiger partial charge >= 0.3 is 11.7 Å². The lowest BCUT2D eigenvalue weighted by Gasteiger charge is -2.14. The van der Waals surface area contributed by atoms with Crippen LogP contribution in [0.4, 0.5) is 5.69 Å². The van der Waals surface area contributed by atoms with Gasteiger partial charge in [-0.2, -0.15) is 0 Å². The second-order valence-corrected chi connectivity index (χ2v) is 8.24. The van der Waals surface area contributed by atoms with Crippen LogP contribution in [0.1, 0.15) is 40.4 Å². The Morgan fingerprint density at radius 3 is 2.62 bits per heavy atom. The Morgan fingerprint density at radius 1 is 1.25 bits per heavy atom. The van der Waals surface area contributed by atoms with Gasteiger partial charge in [0.05, 0.1) is 18.1 Å². The number of carbonyl (C=O) groups is 2. The Hall–Kier alpha value is -3.46. The highest BCUT2D eigenvalue weighted by molar-refractivity contribution is 6.31. The number of hydrogen-bond donors (Lipinski definition) is 1. The summed E-state index contributed by atoms with van der Waals surface area (Å²) >= 11 is 5.99. The molecule has 166 valence electrons. The molecule has 32 heavy (non-hydrogen) atoms. The van der Waals surface area contributed by atoms with Crippen molar-refractivity contribution < 1.29 is 14.3 Å². The number of aryl methyl sites for hydroxylation is 2. The third kappa shape index (κ3) is 3.91. The Bertz CT molecular complexity index is 1390. The van der Waals surface area contributed by atoms with Crippen molar-refractivity contribution in [2.24, 2.45) is 7.05 Å². The Labute approximate surface area is 187 Å². The van der Waals surface area contributed by atoms with Crippen molar-refractivity contribution in [3.63, 3.8) is 0 Å². The van der Waals surface area contributed by atoms with Gasteiger partial charge in [0.2, 0.25) is 5.91 Å². The molecule has 1 aromatic carbocycles. The van der Waals surface area contributed by atoms with Crippen LogP contribution in [0.15, 0.2) is 33.9 Å². The summed E-state index contributed by atoms with van der Waals surface area (Å²) in [5.41, 5.74) is 0.504. The maximum Gasteiger partial charge on any atom is 0.338 e. The number of benzene rings is 1. The molecule has 2 heterocycles. The summed E-state index contributed by atoms with van der Waals surface area (Å²) in [4.78, 5) is 55.7. The van der Waals surface area contributed by atoms with E-state index >= 15 is 0 Å². The van der Waals surface area contributed by atoms with Crippen molar-refractivity contribution in [2.75, 3.05) is 12.4 Å². The van der Waals surface area contributed by atoms with Crippen LogP contribution in [0.3, 0.4) is 0 Å². The van der Waals surface area contributed by atoms with Gasteiger partial charge in [0.1, 0.15) is 12.2 Å². The summed E-state index contributed by atoms with van der Waals surface area (Å²) in [5, 5.41) is 3.04. The Balaban J connectivity index is 1.82. The first-order valence-electron chi connectivity index (χ1n) is 10.00. The number of nitrogens with one attached hydrogen (secondary N) is 1. The fourth-order valence-corrected chi connectivity index (χ4v) is 3.73. The molecule has 0 saturated heterocycles. The molecule has 9 nitrogen and oxygen atoms in total. The minimum Gasteiger partial charge on any atom is -0.465 e. The van der Waals surface area contributed by atoms with Gasteiger partial charge in [0, 0.05) is 29.4 Å². The van der Waals surface area contributed by atoms with Crippen molar-refractivity contribution >= 4 is 40.2 Å². The first-order valence-corrected chi connectivity index (χ1v) is 10.4. The largest absolute Gasteiger partial charge is 0.465 e. The third-order valence-electron chi connectivity index (χ3n) is 5.49. The zero-order valence-corrected chi connectivity index (χ0v) is 18.5. The lowest BCUT2D eigenvalue weighted by molar-refractivity contribution is -0.116. The standard InChI is InChI=1S/C22H21ClN4O5/c1-11-4-7-13(23)8-15(11)24-17(28)10-27-20(29)18-14(21(30)32-3)9-16(12-5-6-12)25-19(18)26(2)22(27)31/h4,7-9,12H,5-6,10H2,1-3H3,(H,24,28). The fourth-order valence-electron chi connectivity index (χ4n) is 3.56. The lowest BCUT2D eigenvalue weighted by atomic mass is 10.1. The van der Waals surface area contributed by atoms with E-state index in [0.29, 0.717) is 16.4 Å². The van der Waals surface area contributed by atoms with E-state index in [9.17, 15) is 19.2 Å². The molecule has 10 heteroatoms. The number of halogens is 1. The molecule has 1 saturated carbocycles. The first-order chi connectivity index (χ1) is 15.2. The molecular formula is C22H21ClN4O5. The van der Waals surface area contributed by atoms with Crippen molar-refractivity contribution in [2.45, 2.75) is 32.2 Å². The van der Waals surface area contributed by atoms with Gasteiger partial charge in [-0.1, -0.05) is 17.7 Å². The SMILES string of the molecule is COC(=O)c1cc(C2CC2)nc2c1c(=O)n(CC(=O)Nc1cc(Cl)ccc1C)c(=O)n2C.